The van der Waals surface area contributed by atoms with Gasteiger partial charge in [-0.1, -0.05) is 22.0 Å². The van der Waals surface area contributed by atoms with Gasteiger partial charge >= 0.3 is 0 Å². The van der Waals surface area contributed by atoms with E-state index in [2.05, 4.69) is 46.4 Å². The zero-order chi connectivity index (χ0) is 20.4. The lowest BCUT2D eigenvalue weighted by atomic mass is 9.62. The van der Waals surface area contributed by atoms with Crippen LogP contribution in [0.1, 0.15) is 43.7 Å². The summed E-state index contributed by atoms with van der Waals surface area (Å²) < 4.78 is 11.9. The minimum atomic E-state index is -0.303. The summed E-state index contributed by atoms with van der Waals surface area (Å²) in [6.45, 7) is 3.22. The number of benzene rings is 1. The normalized spacial score (nSPS) is 29.0. The molecule has 156 valence electrons. The lowest BCUT2D eigenvalue weighted by Gasteiger charge is -2.49. The Balaban J connectivity index is 1.93. The van der Waals surface area contributed by atoms with Crippen LogP contribution in [0.3, 0.4) is 0 Å². The van der Waals surface area contributed by atoms with Crippen molar-refractivity contribution in [3.63, 3.8) is 0 Å². The van der Waals surface area contributed by atoms with Gasteiger partial charge in [-0.15, -0.1) is 0 Å². The van der Waals surface area contributed by atoms with Crippen molar-refractivity contribution < 1.29 is 14.6 Å². The SMILES string of the molecule is COCCN(CO)C(=S)N[C@@]1(C)c2cc(Br)ccc2CC12CCC(OC)CC2. The molecule has 0 amide bonds. The van der Waals surface area contributed by atoms with E-state index in [1.54, 1.807) is 12.0 Å². The zero-order valence-corrected chi connectivity index (χ0v) is 19.4. The molecule has 1 spiro atoms. The fourth-order valence-corrected chi connectivity index (χ4v) is 5.70. The average Bonchev–Trinajstić information content (AvgIpc) is 2.91. The molecule has 1 atom stereocenters. The van der Waals surface area contributed by atoms with Crippen LogP contribution in [0, 0.1) is 5.41 Å². The maximum absolute atomic E-state index is 9.81. The third kappa shape index (κ3) is 3.97. The van der Waals surface area contributed by atoms with Gasteiger partial charge in [0, 0.05) is 30.7 Å². The third-order valence-electron chi connectivity index (χ3n) is 6.80. The monoisotopic (exact) mass is 470 g/mol. The van der Waals surface area contributed by atoms with Crippen molar-refractivity contribution in [1.29, 1.82) is 0 Å². The van der Waals surface area contributed by atoms with Gasteiger partial charge in [0.05, 0.1) is 18.2 Å². The van der Waals surface area contributed by atoms with Crippen molar-refractivity contribution >= 4 is 33.3 Å². The van der Waals surface area contributed by atoms with Crippen molar-refractivity contribution in [2.24, 2.45) is 5.41 Å². The Labute approximate surface area is 181 Å². The van der Waals surface area contributed by atoms with Crippen LogP contribution in [0.25, 0.3) is 0 Å². The second kappa shape index (κ2) is 8.96. The third-order valence-corrected chi connectivity index (χ3v) is 7.66. The summed E-state index contributed by atoms with van der Waals surface area (Å²) in [7, 11) is 3.46. The Morgan fingerprint density at radius 2 is 2.07 bits per heavy atom. The van der Waals surface area contributed by atoms with E-state index in [1.165, 1.54) is 11.1 Å². The molecule has 28 heavy (non-hydrogen) atoms. The molecule has 0 unspecified atom stereocenters. The summed E-state index contributed by atoms with van der Waals surface area (Å²) in [5.74, 6) is 0. The van der Waals surface area contributed by atoms with Gasteiger partial charge in [-0.05, 0) is 74.5 Å². The molecule has 5 nitrogen and oxygen atoms in total. The highest BCUT2D eigenvalue weighted by atomic mass is 79.9. The number of halogens is 1. The summed E-state index contributed by atoms with van der Waals surface area (Å²) in [4.78, 5) is 1.76. The van der Waals surface area contributed by atoms with E-state index in [4.69, 9.17) is 21.7 Å². The Morgan fingerprint density at radius 1 is 1.36 bits per heavy atom. The Bertz CT molecular complexity index is 709. The fraction of sp³-hybridized carbons (Fsp3) is 0.667. The van der Waals surface area contributed by atoms with E-state index in [-0.39, 0.29) is 17.7 Å². The highest BCUT2D eigenvalue weighted by molar-refractivity contribution is 9.10. The molecule has 3 rings (SSSR count). The minimum absolute atomic E-state index is 0.0810. The molecule has 0 aliphatic heterocycles. The maximum Gasteiger partial charge on any atom is 0.171 e. The average molecular weight is 471 g/mol. The van der Waals surface area contributed by atoms with E-state index in [1.807, 2.05) is 7.11 Å². The molecule has 0 aromatic heterocycles. The lowest BCUT2D eigenvalue weighted by molar-refractivity contribution is -0.00617. The zero-order valence-electron chi connectivity index (χ0n) is 17.0. The number of nitrogens with one attached hydrogen (secondary N) is 1. The molecule has 1 saturated carbocycles. The second-order valence-electron chi connectivity index (χ2n) is 8.15. The summed E-state index contributed by atoms with van der Waals surface area (Å²) in [6.07, 6.45) is 5.66. The summed E-state index contributed by atoms with van der Waals surface area (Å²) in [6, 6.07) is 6.57. The molecule has 7 heteroatoms. The molecule has 1 aromatic rings. The highest BCUT2D eigenvalue weighted by Gasteiger charge is 2.56. The van der Waals surface area contributed by atoms with Crippen molar-refractivity contribution in [3.8, 4) is 0 Å². The van der Waals surface area contributed by atoms with Crippen LogP contribution in [0.2, 0.25) is 0 Å². The summed E-state index contributed by atoms with van der Waals surface area (Å²) >= 11 is 9.37. The van der Waals surface area contributed by atoms with Gasteiger partial charge in [0.2, 0.25) is 0 Å². The summed E-state index contributed by atoms with van der Waals surface area (Å²) in [5.41, 5.74) is 2.45. The molecule has 0 saturated heterocycles. The number of nitrogens with zero attached hydrogens (tertiary/aromatic N) is 1. The molecule has 1 aromatic carbocycles. The number of hydrogen-bond donors (Lipinski definition) is 2. The molecule has 2 N–H and O–H groups in total. The van der Waals surface area contributed by atoms with Gasteiger partial charge in [-0.3, -0.25) is 0 Å². The first-order valence-corrected chi connectivity index (χ1v) is 11.1. The van der Waals surface area contributed by atoms with Crippen LogP contribution in [0.15, 0.2) is 22.7 Å². The molecule has 0 radical (unpaired) electrons. The topological polar surface area (TPSA) is 54.0 Å². The number of fused-ring (bicyclic) bond motifs is 1. The van der Waals surface area contributed by atoms with Crippen LogP contribution in [-0.2, 0) is 21.4 Å². The van der Waals surface area contributed by atoms with E-state index >= 15 is 0 Å². The van der Waals surface area contributed by atoms with E-state index in [0.29, 0.717) is 24.4 Å². The van der Waals surface area contributed by atoms with Crippen molar-refractivity contribution in [3.05, 3.63) is 33.8 Å². The number of aliphatic hydroxyl groups excluding tert-OH is 1. The number of ether oxygens (including phenoxy) is 2. The van der Waals surface area contributed by atoms with E-state index in [0.717, 1.165) is 36.6 Å². The molecule has 2 aliphatic carbocycles. The number of aliphatic hydroxyl groups is 1. The smallest absolute Gasteiger partial charge is 0.171 e. The number of rotatable bonds is 6. The number of thiocarbonyl (C=S) groups is 1. The van der Waals surface area contributed by atoms with Gasteiger partial charge in [0.15, 0.2) is 5.11 Å². The first kappa shape index (κ1) is 22.0. The van der Waals surface area contributed by atoms with E-state index < -0.39 is 0 Å². The van der Waals surface area contributed by atoms with Crippen molar-refractivity contribution in [1.82, 2.24) is 10.2 Å². The standard InChI is InChI=1S/C21H31BrN2O3S/c1-20(23-19(28)24(14-25)10-11-26-2)18-12-16(22)5-4-15(18)13-21(20)8-6-17(27-3)7-9-21/h4-5,12,17,25H,6-11,13-14H2,1-3H3,(H,23,28)/t17?,20-,21?/m0/s1. The quantitative estimate of drug-likeness (QED) is 0.489. The first-order chi connectivity index (χ1) is 13.4. The Kier molecular flexibility index (Phi) is 7.03. The summed E-state index contributed by atoms with van der Waals surface area (Å²) in [5, 5.41) is 14.1. The maximum atomic E-state index is 9.81. The molecule has 1 fully saturated rings. The van der Waals surface area contributed by atoms with Crippen LogP contribution in [0.5, 0.6) is 0 Å². The van der Waals surface area contributed by atoms with Crippen molar-refractivity contribution in [2.45, 2.75) is 50.7 Å². The van der Waals surface area contributed by atoms with Crippen LogP contribution < -0.4 is 5.32 Å². The molecule has 2 aliphatic rings. The van der Waals surface area contributed by atoms with Crippen molar-refractivity contribution in [2.75, 3.05) is 34.1 Å². The van der Waals surface area contributed by atoms with Gasteiger partial charge in [0.1, 0.15) is 6.73 Å². The molecule has 0 bridgehead atoms. The van der Waals surface area contributed by atoms with Crippen LogP contribution in [0.4, 0.5) is 0 Å². The van der Waals surface area contributed by atoms with Crippen LogP contribution in [-0.4, -0.2) is 55.3 Å². The lowest BCUT2D eigenvalue weighted by Crippen LogP contribution is -2.58. The number of methoxy groups -OCH3 is 2. The fourth-order valence-electron chi connectivity index (χ4n) is 4.98. The van der Waals surface area contributed by atoms with Gasteiger partial charge in [-0.25, -0.2) is 0 Å². The highest BCUT2D eigenvalue weighted by Crippen LogP contribution is 2.58. The van der Waals surface area contributed by atoms with E-state index in [9.17, 15) is 5.11 Å². The molecular weight excluding hydrogens is 440 g/mol. The number of hydrogen-bond acceptors (Lipinski definition) is 4. The molecular formula is C21H31BrN2O3S. The molecule has 0 heterocycles. The minimum Gasteiger partial charge on any atom is -0.383 e. The Morgan fingerprint density at radius 3 is 2.68 bits per heavy atom. The van der Waals surface area contributed by atoms with Crippen LogP contribution >= 0.6 is 28.1 Å². The largest absolute Gasteiger partial charge is 0.383 e. The van der Waals surface area contributed by atoms with Gasteiger partial charge < -0.3 is 24.8 Å². The van der Waals surface area contributed by atoms with Gasteiger partial charge in [-0.2, -0.15) is 0 Å². The second-order valence-corrected chi connectivity index (χ2v) is 9.45. The first-order valence-electron chi connectivity index (χ1n) is 9.88. The predicted molar refractivity (Wildman–Crippen MR) is 118 cm³/mol. The van der Waals surface area contributed by atoms with Gasteiger partial charge in [0.25, 0.3) is 0 Å². The predicted octanol–water partition coefficient (Wildman–Crippen LogP) is 3.57. The Hall–Kier alpha value is -0.730.